The minimum Gasteiger partial charge on any atom is -0.372 e. The van der Waals surface area contributed by atoms with Crippen LogP contribution in [0.15, 0.2) is 30.3 Å². The molecule has 2 fully saturated rings. The zero-order chi connectivity index (χ0) is 18.7. The minimum absolute atomic E-state index is 0.0689. The molecule has 2 aliphatic rings. The number of carbonyl (C=O) groups excluding carboxylic acids is 2. The Bertz CT molecular complexity index is 615. The predicted molar refractivity (Wildman–Crippen MR) is 101 cm³/mol. The average Bonchev–Trinajstić information content (AvgIpc) is 2.66. The van der Waals surface area contributed by atoms with Crippen molar-refractivity contribution in [2.45, 2.75) is 51.9 Å². The molecule has 0 spiro atoms. The Morgan fingerprint density at radius 3 is 2.19 bits per heavy atom. The van der Waals surface area contributed by atoms with E-state index >= 15 is 0 Å². The van der Waals surface area contributed by atoms with E-state index in [0.29, 0.717) is 13.1 Å². The number of ketones is 1. The number of likely N-dealkylation sites (tertiary alicyclic amines) is 1. The Kier molecular flexibility index (Phi) is 6.09. The highest BCUT2D eigenvalue weighted by Crippen LogP contribution is 2.24. The molecule has 1 aromatic rings. The summed E-state index contributed by atoms with van der Waals surface area (Å²) in [6.45, 7) is 8.94. The van der Waals surface area contributed by atoms with E-state index in [-0.39, 0.29) is 35.9 Å². The number of hydrogen-bond acceptors (Lipinski definition) is 4. The van der Waals surface area contributed by atoms with Gasteiger partial charge in [-0.2, -0.15) is 0 Å². The molecule has 0 bridgehead atoms. The van der Waals surface area contributed by atoms with Crippen LogP contribution in [0.25, 0.3) is 0 Å². The second-order valence-corrected chi connectivity index (χ2v) is 7.72. The van der Waals surface area contributed by atoms with E-state index in [2.05, 4.69) is 4.90 Å². The summed E-state index contributed by atoms with van der Waals surface area (Å²) in [6, 6.07) is 9.39. The predicted octanol–water partition coefficient (Wildman–Crippen LogP) is 2.61. The Hall–Kier alpha value is -1.72. The Morgan fingerprint density at radius 2 is 1.62 bits per heavy atom. The largest absolute Gasteiger partial charge is 0.372 e. The number of piperidine rings is 1. The van der Waals surface area contributed by atoms with Crippen molar-refractivity contribution in [3.63, 3.8) is 0 Å². The first-order chi connectivity index (χ1) is 12.5. The molecule has 0 radical (unpaired) electrons. The van der Waals surface area contributed by atoms with Crippen molar-refractivity contribution in [3.8, 4) is 0 Å². The number of benzene rings is 1. The fourth-order valence-electron chi connectivity index (χ4n) is 4.17. The first-order valence-electron chi connectivity index (χ1n) is 9.73. The summed E-state index contributed by atoms with van der Waals surface area (Å²) in [7, 11) is 0. The molecular weight excluding hydrogens is 328 g/mol. The fourth-order valence-corrected chi connectivity index (χ4v) is 4.17. The zero-order valence-corrected chi connectivity index (χ0v) is 16.1. The number of rotatable bonds is 4. The van der Waals surface area contributed by atoms with Crippen molar-refractivity contribution in [1.29, 1.82) is 0 Å². The molecule has 2 aliphatic heterocycles. The van der Waals surface area contributed by atoms with Crippen LogP contribution in [0.4, 0.5) is 0 Å². The van der Waals surface area contributed by atoms with Crippen LogP contribution in [0.2, 0.25) is 0 Å². The van der Waals surface area contributed by atoms with Crippen LogP contribution in [0.1, 0.15) is 44.0 Å². The van der Waals surface area contributed by atoms with Gasteiger partial charge in [-0.1, -0.05) is 30.3 Å². The van der Waals surface area contributed by atoms with Crippen LogP contribution in [-0.2, 0) is 9.53 Å². The van der Waals surface area contributed by atoms with Gasteiger partial charge in [0.25, 0.3) is 0 Å². The number of nitrogens with zero attached hydrogens (tertiary/aromatic N) is 2. The molecule has 5 heteroatoms. The molecule has 26 heavy (non-hydrogen) atoms. The highest BCUT2D eigenvalue weighted by atomic mass is 16.5. The van der Waals surface area contributed by atoms with Crippen LogP contribution in [0.5, 0.6) is 0 Å². The molecule has 3 rings (SSSR count). The van der Waals surface area contributed by atoms with Crippen molar-refractivity contribution >= 4 is 11.7 Å². The molecule has 1 aromatic carbocycles. The lowest BCUT2D eigenvalue weighted by Gasteiger charge is -2.40. The number of hydrogen-bond donors (Lipinski definition) is 0. The third kappa shape index (κ3) is 4.33. The van der Waals surface area contributed by atoms with Gasteiger partial charge >= 0.3 is 0 Å². The summed E-state index contributed by atoms with van der Waals surface area (Å²) in [5, 5.41) is 0. The zero-order valence-electron chi connectivity index (χ0n) is 16.1. The molecule has 1 amide bonds. The molecule has 0 aliphatic carbocycles. The highest BCUT2D eigenvalue weighted by Gasteiger charge is 2.34. The Labute approximate surface area is 156 Å². The minimum atomic E-state index is -0.139. The van der Waals surface area contributed by atoms with E-state index in [0.717, 1.165) is 31.5 Å². The molecule has 142 valence electrons. The Balaban J connectivity index is 1.54. The lowest BCUT2D eigenvalue weighted by molar-refractivity contribution is -0.148. The van der Waals surface area contributed by atoms with Gasteiger partial charge in [-0.3, -0.25) is 14.5 Å². The first kappa shape index (κ1) is 19.1. The molecule has 0 saturated carbocycles. The quantitative estimate of drug-likeness (QED) is 0.777. The van der Waals surface area contributed by atoms with Crippen LogP contribution in [-0.4, -0.2) is 65.9 Å². The third-order valence-corrected chi connectivity index (χ3v) is 5.60. The average molecular weight is 358 g/mol. The van der Waals surface area contributed by atoms with Gasteiger partial charge in [-0.15, -0.1) is 0 Å². The summed E-state index contributed by atoms with van der Waals surface area (Å²) in [4.78, 5) is 29.7. The van der Waals surface area contributed by atoms with E-state index in [4.69, 9.17) is 4.74 Å². The first-order valence-corrected chi connectivity index (χ1v) is 9.73. The summed E-state index contributed by atoms with van der Waals surface area (Å²) >= 11 is 0. The lowest BCUT2D eigenvalue weighted by atomic mass is 9.88. The monoisotopic (exact) mass is 358 g/mol. The number of morpholine rings is 1. The van der Waals surface area contributed by atoms with E-state index in [1.165, 1.54) is 0 Å². The maximum atomic E-state index is 12.9. The van der Waals surface area contributed by atoms with Crippen molar-refractivity contribution in [3.05, 3.63) is 35.9 Å². The van der Waals surface area contributed by atoms with Crippen LogP contribution in [0.3, 0.4) is 0 Å². The third-order valence-electron chi connectivity index (χ3n) is 5.60. The number of Topliss-reactive ketones (excluding diaryl/α,β-unsaturated/α-hetero) is 1. The molecule has 2 saturated heterocycles. The number of carbonyl (C=O) groups is 2. The second kappa shape index (κ2) is 8.31. The van der Waals surface area contributed by atoms with Crippen molar-refractivity contribution in [2.24, 2.45) is 5.92 Å². The second-order valence-electron chi connectivity index (χ2n) is 7.72. The van der Waals surface area contributed by atoms with Gasteiger partial charge in [-0.25, -0.2) is 0 Å². The summed E-state index contributed by atoms with van der Waals surface area (Å²) in [5.41, 5.74) is 0.798. The maximum Gasteiger partial charge on any atom is 0.239 e. The van der Waals surface area contributed by atoms with Gasteiger partial charge in [0.15, 0.2) is 5.78 Å². The number of ether oxygens (including phenoxy) is 1. The fraction of sp³-hybridized carbons (Fsp3) is 0.619. The van der Waals surface area contributed by atoms with Crippen LogP contribution >= 0.6 is 0 Å². The van der Waals surface area contributed by atoms with E-state index in [9.17, 15) is 9.59 Å². The van der Waals surface area contributed by atoms with Crippen molar-refractivity contribution in [1.82, 2.24) is 9.80 Å². The standard InChI is InChI=1S/C21H30N2O3/c1-15-13-23(14-16(2)26-15)21(25)17(3)22-11-9-19(10-12-22)20(24)18-7-5-4-6-8-18/h4-8,15-17,19H,9-14H2,1-3H3/t15-,16+,17-/m0/s1. The molecule has 2 heterocycles. The Morgan fingerprint density at radius 1 is 1.04 bits per heavy atom. The van der Waals surface area contributed by atoms with E-state index < -0.39 is 0 Å². The summed E-state index contributed by atoms with van der Waals surface area (Å²) in [5.74, 6) is 0.485. The molecule has 0 aromatic heterocycles. The topological polar surface area (TPSA) is 49.9 Å². The van der Waals surface area contributed by atoms with Crippen LogP contribution in [0, 0.1) is 5.92 Å². The maximum absolute atomic E-state index is 12.9. The molecule has 0 unspecified atom stereocenters. The van der Waals surface area contributed by atoms with Crippen LogP contribution < -0.4 is 0 Å². The van der Waals surface area contributed by atoms with Gasteiger partial charge in [0.05, 0.1) is 18.2 Å². The lowest BCUT2D eigenvalue weighted by Crippen LogP contribution is -2.55. The van der Waals surface area contributed by atoms with Crippen molar-refractivity contribution in [2.75, 3.05) is 26.2 Å². The molecule has 0 N–H and O–H groups in total. The summed E-state index contributed by atoms with van der Waals surface area (Å²) in [6.07, 6.45) is 1.82. The van der Waals surface area contributed by atoms with Gasteiger partial charge in [0, 0.05) is 24.6 Å². The molecule has 5 nitrogen and oxygen atoms in total. The van der Waals surface area contributed by atoms with Gasteiger partial charge in [0.1, 0.15) is 0 Å². The SMILES string of the molecule is C[C@@H]1CN(C(=O)[C@H](C)N2CCC(C(=O)c3ccccc3)CC2)C[C@H](C)O1. The smallest absolute Gasteiger partial charge is 0.239 e. The normalized spacial score (nSPS) is 26.5. The summed E-state index contributed by atoms with van der Waals surface area (Å²) < 4.78 is 5.73. The highest BCUT2D eigenvalue weighted by molar-refractivity contribution is 5.97. The number of amides is 1. The van der Waals surface area contributed by atoms with Crippen molar-refractivity contribution < 1.29 is 14.3 Å². The molecule has 3 atom stereocenters. The van der Waals surface area contributed by atoms with Gasteiger partial charge in [0.2, 0.25) is 5.91 Å². The molecular formula is C21H30N2O3. The van der Waals surface area contributed by atoms with E-state index in [1.807, 2.05) is 56.0 Å². The van der Waals surface area contributed by atoms with E-state index in [1.54, 1.807) is 0 Å². The van der Waals surface area contributed by atoms with Gasteiger partial charge < -0.3 is 9.64 Å². The van der Waals surface area contributed by atoms with Gasteiger partial charge in [-0.05, 0) is 46.7 Å².